The molecule has 0 N–H and O–H groups in total. The minimum absolute atomic E-state index is 0.116. The third kappa shape index (κ3) is 5.63. The number of carbonyl (C=O) groups excluding carboxylic acids is 2. The Morgan fingerprint density at radius 3 is 1.96 bits per heavy atom. The molecule has 28 heavy (non-hydrogen) atoms. The zero-order valence-corrected chi connectivity index (χ0v) is 19.8. The van der Waals surface area contributed by atoms with Crippen LogP contribution >= 0.6 is 12.6 Å². The van der Waals surface area contributed by atoms with Crippen molar-refractivity contribution >= 4 is 24.4 Å². The fourth-order valence-electron chi connectivity index (χ4n) is 4.25. The van der Waals surface area contributed by atoms with Crippen LogP contribution in [0.25, 0.3) is 0 Å². The fraction of sp³-hybridized carbons (Fsp3) is 0.905. The summed E-state index contributed by atoms with van der Waals surface area (Å²) in [6, 6.07) is 0.739. The summed E-state index contributed by atoms with van der Waals surface area (Å²) in [4.78, 5) is 32.6. The van der Waals surface area contributed by atoms with E-state index in [1.807, 2.05) is 9.80 Å². The molecule has 0 radical (unpaired) electrons. The van der Waals surface area contributed by atoms with Gasteiger partial charge in [0, 0.05) is 57.1 Å². The first kappa shape index (κ1) is 23.5. The van der Waals surface area contributed by atoms with Crippen LogP contribution in [0.3, 0.4) is 0 Å². The Morgan fingerprint density at radius 1 is 0.964 bits per heavy atom. The van der Waals surface area contributed by atoms with Crippen LogP contribution in [-0.2, 0) is 9.59 Å². The lowest BCUT2D eigenvalue weighted by Crippen LogP contribution is -2.48. The second-order valence-corrected chi connectivity index (χ2v) is 10.8. The zero-order valence-electron chi connectivity index (χ0n) is 18.9. The van der Waals surface area contributed by atoms with E-state index in [9.17, 15) is 9.59 Å². The highest BCUT2D eigenvalue weighted by atomic mass is 32.1. The predicted molar refractivity (Wildman–Crippen MR) is 118 cm³/mol. The van der Waals surface area contributed by atoms with E-state index in [1.165, 1.54) is 0 Å². The van der Waals surface area contributed by atoms with Crippen LogP contribution in [0.5, 0.6) is 0 Å². The summed E-state index contributed by atoms with van der Waals surface area (Å²) in [7, 11) is 4.22. The van der Waals surface area contributed by atoms with E-state index in [1.54, 1.807) is 6.92 Å². The molecule has 2 saturated heterocycles. The lowest BCUT2D eigenvalue weighted by atomic mass is 10.0. The molecular formula is C21H40N4O2S. The van der Waals surface area contributed by atoms with Gasteiger partial charge in [0.05, 0.1) is 4.87 Å². The van der Waals surface area contributed by atoms with Crippen LogP contribution < -0.4 is 0 Å². The van der Waals surface area contributed by atoms with Gasteiger partial charge in [-0.25, -0.2) is 0 Å². The number of likely N-dealkylation sites (N-methyl/N-ethyl adjacent to an activating group) is 2. The highest BCUT2D eigenvalue weighted by molar-refractivity contribution is 7.81. The molecule has 0 spiro atoms. The number of rotatable bonds is 6. The normalized spacial score (nSPS) is 25.6. The Balaban J connectivity index is 1.84. The Hall–Kier alpha value is -0.790. The van der Waals surface area contributed by atoms with Crippen molar-refractivity contribution in [1.29, 1.82) is 0 Å². The third-order valence-electron chi connectivity index (χ3n) is 6.85. The van der Waals surface area contributed by atoms with Crippen LogP contribution in [0, 0.1) is 0 Å². The number of amides is 2. The monoisotopic (exact) mass is 412 g/mol. The minimum Gasteiger partial charge on any atom is -0.341 e. The molecule has 0 bridgehead atoms. The van der Waals surface area contributed by atoms with Gasteiger partial charge in [-0.1, -0.05) is 0 Å². The van der Waals surface area contributed by atoms with E-state index in [4.69, 9.17) is 12.6 Å². The van der Waals surface area contributed by atoms with Crippen LogP contribution in [0.2, 0.25) is 0 Å². The van der Waals surface area contributed by atoms with Crippen molar-refractivity contribution in [3.8, 4) is 0 Å². The van der Waals surface area contributed by atoms with E-state index in [0.29, 0.717) is 24.9 Å². The molecule has 2 heterocycles. The van der Waals surface area contributed by atoms with Crippen LogP contribution in [0.4, 0.5) is 0 Å². The van der Waals surface area contributed by atoms with Gasteiger partial charge in [-0.15, -0.1) is 0 Å². The van der Waals surface area contributed by atoms with Crippen LogP contribution in [0.1, 0.15) is 60.3 Å². The third-order valence-corrected chi connectivity index (χ3v) is 7.39. The van der Waals surface area contributed by atoms with Gasteiger partial charge in [-0.3, -0.25) is 19.4 Å². The molecule has 0 aromatic carbocycles. The van der Waals surface area contributed by atoms with Crippen molar-refractivity contribution < 1.29 is 9.59 Å². The maximum Gasteiger partial charge on any atom is 0.222 e. The number of carbonyl (C=O) groups is 2. The SMILES string of the molecule is CC(=O)N1CCC(N(C)C(C)(S)CCC(=O)N2CC[C@H](N(C)C(C)(C)C)C2)C1. The van der Waals surface area contributed by atoms with Gasteiger partial charge in [0.1, 0.15) is 0 Å². The molecule has 2 unspecified atom stereocenters. The van der Waals surface area contributed by atoms with Crippen LogP contribution in [-0.4, -0.2) is 94.2 Å². The Labute approximate surface area is 177 Å². The zero-order chi connectivity index (χ0) is 21.3. The molecule has 2 aliphatic heterocycles. The van der Waals surface area contributed by atoms with Gasteiger partial charge in [-0.2, -0.15) is 12.6 Å². The number of hydrogen-bond donors (Lipinski definition) is 1. The summed E-state index contributed by atoms with van der Waals surface area (Å²) >= 11 is 4.89. The van der Waals surface area contributed by atoms with Gasteiger partial charge in [0.2, 0.25) is 11.8 Å². The average Bonchev–Trinajstić information content (AvgIpc) is 3.27. The number of thiol groups is 1. The topological polar surface area (TPSA) is 47.1 Å². The quantitative estimate of drug-likeness (QED) is 0.537. The predicted octanol–water partition coefficient (Wildman–Crippen LogP) is 2.30. The Morgan fingerprint density at radius 2 is 1.46 bits per heavy atom. The van der Waals surface area contributed by atoms with Gasteiger partial charge < -0.3 is 9.80 Å². The molecule has 162 valence electrons. The highest BCUT2D eigenvalue weighted by Gasteiger charge is 2.37. The van der Waals surface area contributed by atoms with Crippen molar-refractivity contribution in [2.45, 2.75) is 82.8 Å². The largest absolute Gasteiger partial charge is 0.341 e. The highest BCUT2D eigenvalue weighted by Crippen LogP contribution is 2.30. The van der Waals surface area contributed by atoms with Crippen LogP contribution in [0.15, 0.2) is 0 Å². The van der Waals surface area contributed by atoms with E-state index in [0.717, 1.165) is 39.0 Å². The molecule has 2 amide bonds. The van der Waals surface area contributed by atoms with Crippen molar-refractivity contribution in [3.63, 3.8) is 0 Å². The van der Waals surface area contributed by atoms with Crippen molar-refractivity contribution in [3.05, 3.63) is 0 Å². The molecule has 0 aromatic rings. The van der Waals surface area contributed by atoms with Gasteiger partial charge in [0.25, 0.3) is 0 Å². The molecule has 6 nitrogen and oxygen atoms in total. The average molecular weight is 413 g/mol. The number of nitrogens with zero attached hydrogens (tertiary/aromatic N) is 4. The first-order valence-electron chi connectivity index (χ1n) is 10.5. The van der Waals surface area contributed by atoms with E-state index < -0.39 is 0 Å². The summed E-state index contributed by atoms with van der Waals surface area (Å²) in [5.74, 6) is 0.367. The number of likely N-dealkylation sites (tertiary alicyclic amines) is 2. The smallest absolute Gasteiger partial charge is 0.222 e. The molecule has 2 fully saturated rings. The minimum atomic E-state index is -0.367. The second-order valence-electron chi connectivity index (χ2n) is 9.80. The summed E-state index contributed by atoms with van der Waals surface area (Å²) < 4.78 is 0. The Kier molecular flexibility index (Phi) is 7.48. The van der Waals surface area contributed by atoms with E-state index in [-0.39, 0.29) is 22.2 Å². The molecule has 3 atom stereocenters. The number of hydrogen-bond acceptors (Lipinski definition) is 5. The van der Waals surface area contributed by atoms with Crippen molar-refractivity contribution in [2.75, 3.05) is 40.3 Å². The first-order valence-corrected chi connectivity index (χ1v) is 11.0. The van der Waals surface area contributed by atoms with Gasteiger partial charge >= 0.3 is 0 Å². The van der Waals surface area contributed by atoms with Crippen molar-refractivity contribution in [2.24, 2.45) is 0 Å². The van der Waals surface area contributed by atoms with Crippen molar-refractivity contribution in [1.82, 2.24) is 19.6 Å². The lowest BCUT2D eigenvalue weighted by Gasteiger charge is -2.39. The lowest BCUT2D eigenvalue weighted by molar-refractivity contribution is -0.131. The maximum atomic E-state index is 12.8. The fourth-order valence-corrected chi connectivity index (χ4v) is 4.52. The summed E-state index contributed by atoms with van der Waals surface area (Å²) in [6.07, 6.45) is 3.23. The Bertz CT molecular complexity index is 575. The van der Waals surface area contributed by atoms with Gasteiger partial charge in [0.15, 0.2) is 0 Å². The summed E-state index contributed by atoms with van der Waals surface area (Å²) in [5.41, 5.74) is 0.116. The molecule has 2 aliphatic rings. The maximum absolute atomic E-state index is 12.8. The summed E-state index contributed by atoms with van der Waals surface area (Å²) in [6.45, 7) is 13.6. The van der Waals surface area contributed by atoms with E-state index in [2.05, 4.69) is 51.6 Å². The molecule has 0 saturated carbocycles. The first-order chi connectivity index (χ1) is 12.8. The molecule has 0 aromatic heterocycles. The molecular weight excluding hydrogens is 372 g/mol. The molecule has 2 rings (SSSR count). The summed E-state index contributed by atoms with van der Waals surface area (Å²) in [5, 5.41) is 0. The molecule has 7 heteroatoms. The van der Waals surface area contributed by atoms with E-state index >= 15 is 0 Å². The second kappa shape index (κ2) is 8.92. The molecule has 0 aliphatic carbocycles. The van der Waals surface area contributed by atoms with Gasteiger partial charge in [-0.05, 0) is 61.1 Å². The standard InChI is InChI=1S/C21H40N4O2S/c1-16(26)24-12-9-18(14-24)23(7)21(5,28)11-8-19(27)25-13-10-17(15-25)22(6)20(2,3)4/h17-18,28H,8-15H2,1-7H3/t17-,18?,21?/m0/s1.